The lowest BCUT2D eigenvalue weighted by atomic mass is 10.0. The van der Waals surface area contributed by atoms with Gasteiger partial charge in [0.2, 0.25) is 0 Å². The van der Waals surface area contributed by atoms with E-state index in [1.54, 1.807) is 0 Å². The normalized spacial score (nSPS) is 26.0. The second kappa shape index (κ2) is 7.04. The van der Waals surface area contributed by atoms with Crippen LogP contribution in [0.3, 0.4) is 0 Å². The molecule has 0 unspecified atom stereocenters. The zero-order valence-electron chi connectivity index (χ0n) is 14.6. The van der Waals surface area contributed by atoms with Gasteiger partial charge < -0.3 is 9.30 Å². The Morgan fingerprint density at radius 1 is 1.35 bits per heavy atom. The maximum Gasteiger partial charge on any atom is 0.120 e. The van der Waals surface area contributed by atoms with Crippen LogP contribution in [0, 0.1) is 18.3 Å². The first kappa shape index (κ1) is 16.5. The summed E-state index contributed by atoms with van der Waals surface area (Å²) in [6.07, 6.45) is 2.46. The van der Waals surface area contributed by atoms with Crippen molar-refractivity contribution >= 4 is 0 Å². The standard InChI is InChI=1S/C18H28N4O/c1-4-5-16-12-23-13-18-11-21(6-7-22(16)18)10-15-8-17(9-19)20(3)14(15)2/h8,16,18H,4-7,10-13H2,1-3H3/t16-,18+/m0/s1. The molecule has 0 N–H and O–H groups in total. The zero-order valence-corrected chi connectivity index (χ0v) is 14.6. The molecule has 2 aliphatic heterocycles. The molecule has 1 aromatic rings. The van der Waals surface area contributed by atoms with E-state index in [1.165, 1.54) is 24.1 Å². The first-order chi connectivity index (χ1) is 11.1. The molecular formula is C18H28N4O. The van der Waals surface area contributed by atoms with E-state index in [0.29, 0.717) is 12.1 Å². The van der Waals surface area contributed by atoms with Gasteiger partial charge in [0.15, 0.2) is 0 Å². The second-order valence-corrected chi connectivity index (χ2v) is 6.92. The summed E-state index contributed by atoms with van der Waals surface area (Å²) in [7, 11) is 1.97. The summed E-state index contributed by atoms with van der Waals surface area (Å²) >= 11 is 0. The van der Waals surface area contributed by atoms with E-state index < -0.39 is 0 Å². The maximum absolute atomic E-state index is 9.19. The fourth-order valence-electron chi connectivity index (χ4n) is 4.00. The van der Waals surface area contributed by atoms with Gasteiger partial charge in [-0.25, -0.2) is 0 Å². The van der Waals surface area contributed by atoms with E-state index in [2.05, 4.69) is 29.7 Å². The Balaban J connectivity index is 1.65. The number of ether oxygens (including phenoxy) is 1. The van der Waals surface area contributed by atoms with Crippen molar-refractivity contribution in [1.82, 2.24) is 14.4 Å². The van der Waals surface area contributed by atoms with Gasteiger partial charge in [-0.05, 0) is 25.0 Å². The van der Waals surface area contributed by atoms with E-state index in [0.717, 1.165) is 45.1 Å². The van der Waals surface area contributed by atoms with Crippen molar-refractivity contribution in [2.24, 2.45) is 7.05 Å². The van der Waals surface area contributed by atoms with Crippen LogP contribution in [0.25, 0.3) is 0 Å². The summed E-state index contributed by atoms with van der Waals surface area (Å²) in [6, 6.07) is 5.44. The molecule has 2 saturated heterocycles. The van der Waals surface area contributed by atoms with E-state index in [-0.39, 0.29) is 0 Å². The highest BCUT2D eigenvalue weighted by atomic mass is 16.5. The molecule has 5 heteroatoms. The molecule has 5 nitrogen and oxygen atoms in total. The van der Waals surface area contributed by atoms with Crippen LogP contribution in [0.1, 0.15) is 36.7 Å². The van der Waals surface area contributed by atoms with Gasteiger partial charge in [-0.2, -0.15) is 5.26 Å². The quantitative estimate of drug-likeness (QED) is 0.851. The summed E-state index contributed by atoms with van der Waals surface area (Å²) in [5, 5.41) is 9.19. The molecule has 0 amide bonds. The highest BCUT2D eigenvalue weighted by Gasteiger charge is 2.35. The van der Waals surface area contributed by atoms with E-state index in [9.17, 15) is 5.26 Å². The Labute approximate surface area is 139 Å². The monoisotopic (exact) mass is 316 g/mol. The second-order valence-electron chi connectivity index (χ2n) is 6.92. The lowest BCUT2D eigenvalue weighted by molar-refractivity contribution is -0.0840. The molecule has 126 valence electrons. The first-order valence-corrected chi connectivity index (χ1v) is 8.75. The average Bonchev–Trinajstić information content (AvgIpc) is 2.83. The number of morpholine rings is 1. The number of rotatable bonds is 4. The predicted octanol–water partition coefficient (Wildman–Crippen LogP) is 1.89. The molecule has 0 saturated carbocycles. The average molecular weight is 316 g/mol. The van der Waals surface area contributed by atoms with Crippen molar-refractivity contribution in [3.05, 3.63) is 23.0 Å². The molecular weight excluding hydrogens is 288 g/mol. The van der Waals surface area contributed by atoms with Gasteiger partial charge in [-0.1, -0.05) is 13.3 Å². The van der Waals surface area contributed by atoms with Crippen molar-refractivity contribution in [2.75, 3.05) is 32.8 Å². The summed E-state index contributed by atoms with van der Waals surface area (Å²) in [5.74, 6) is 0. The van der Waals surface area contributed by atoms with Crippen LogP contribution in [0.2, 0.25) is 0 Å². The summed E-state index contributed by atoms with van der Waals surface area (Å²) in [4.78, 5) is 5.18. The molecule has 3 rings (SSSR count). The van der Waals surface area contributed by atoms with Gasteiger partial charge >= 0.3 is 0 Å². The number of fused-ring (bicyclic) bond motifs is 1. The lowest BCUT2D eigenvalue weighted by Crippen LogP contribution is -2.61. The molecule has 2 fully saturated rings. The van der Waals surface area contributed by atoms with Crippen LogP contribution < -0.4 is 0 Å². The van der Waals surface area contributed by atoms with Crippen LogP contribution in [0.5, 0.6) is 0 Å². The Hall–Kier alpha value is -1.35. The third-order valence-corrected chi connectivity index (χ3v) is 5.47. The van der Waals surface area contributed by atoms with E-state index >= 15 is 0 Å². The first-order valence-electron chi connectivity index (χ1n) is 8.75. The Kier molecular flexibility index (Phi) is 5.05. The van der Waals surface area contributed by atoms with Crippen molar-refractivity contribution in [1.29, 1.82) is 5.26 Å². The molecule has 2 aliphatic rings. The van der Waals surface area contributed by atoms with Crippen molar-refractivity contribution in [3.63, 3.8) is 0 Å². The SMILES string of the molecule is CCC[C@H]1COC[C@H]2CN(Cc3cc(C#N)n(C)c3C)CCN12. The molecule has 23 heavy (non-hydrogen) atoms. The Morgan fingerprint density at radius 2 is 2.17 bits per heavy atom. The topological polar surface area (TPSA) is 44.4 Å². The van der Waals surface area contributed by atoms with Gasteiger partial charge in [0.05, 0.1) is 13.2 Å². The molecule has 2 atom stereocenters. The molecule has 0 radical (unpaired) electrons. The smallest absolute Gasteiger partial charge is 0.120 e. The molecule has 0 aliphatic carbocycles. The van der Waals surface area contributed by atoms with Crippen LogP contribution in [-0.4, -0.2) is 59.3 Å². The summed E-state index contributed by atoms with van der Waals surface area (Å²) in [5.41, 5.74) is 3.23. The minimum Gasteiger partial charge on any atom is -0.378 e. The van der Waals surface area contributed by atoms with Crippen molar-refractivity contribution in [3.8, 4) is 6.07 Å². The Morgan fingerprint density at radius 3 is 2.87 bits per heavy atom. The highest BCUT2D eigenvalue weighted by molar-refractivity contribution is 5.34. The maximum atomic E-state index is 9.19. The molecule has 0 aromatic carbocycles. The summed E-state index contributed by atoms with van der Waals surface area (Å²) in [6.45, 7) is 10.4. The van der Waals surface area contributed by atoms with Crippen LogP contribution >= 0.6 is 0 Å². The molecule has 0 spiro atoms. The Bertz CT molecular complexity index is 587. The van der Waals surface area contributed by atoms with Crippen LogP contribution in [-0.2, 0) is 18.3 Å². The zero-order chi connectivity index (χ0) is 16.4. The van der Waals surface area contributed by atoms with Gasteiger partial charge in [-0.15, -0.1) is 0 Å². The third kappa shape index (κ3) is 3.30. The highest BCUT2D eigenvalue weighted by Crippen LogP contribution is 2.23. The number of aromatic nitrogens is 1. The van der Waals surface area contributed by atoms with E-state index in [1.807, 2.05) is 17.7 Å². The number of hydrogen-bond donors (Lipinski definition) is 0. The fourth-order valence-corrected chi connectivity index (χ4v) is 4.00. The molecule has 3 heterocycles. The molecule has 1 aromatic heterocycles. The van der Waals surface area contributed by atoms with E-state index in [4.69, 9.17) is 4.74 Å². The summed E-state index contributed by atoms with van der Waals surface area (Å²) < 4.78 is 7.84. The van der Waals surface area contributed by atoms with Gasteiger partial charge in [-0.3, -0.25) is 9.80 Å². The van der Waals surface area contributed by atoms with Gasteiger partial charge in [0.1, 0.15) is 11.8 Å². The van der Waals surface area contributed by atoms with Gasteiger partial charge in [0.25, 0.3) is 0 Å². The van der Waals surface area contributed by atoms with Crippen molar-refractivity contribution < 1.29 is 4.74 Å². The predicted molar refractivity (Wildman–Crippen MR) is 90.2 cm³/mol. The number of hydrogen-bond acceptors (Lipinski definition) is 4. The number of nitrogens with zero attached hydrogens (tertiary/aromatic N) is 4. The molecule has 0 bridgehead atoms. The number of nitriles is 1. The van der Waals surface area contributed by atoms with Crippen LogP contribution in [0.15, 0.2) is 6.07 Å². The minimum atomic E-state index is 0.522. The van der Waals surface area contributed by atoms with Crippen molar-refractivity contribution in [2.45, 2.75) is 45.3 Å². The fraction of sp³-hybridized carbons (Fsp3) is 0.722. The third-order valence-electron chi connectivity index (χ3n) is 5.47. The largest absolute Gasteiger partial charge is 0.378 e. The van der Waals surface area contributed by atoms with Crippen LogP contribution in [0.4, 0.5) is 0 Å². The lowest BCUT2D eigenvalue weighted by Gasteiger charge is -2.48. The van der Waals surface area contributed by atoms with Gasteiger partial charge in [0, 0.05) is 51.0 Å². The minimum absolute atomic E-state index is 0.522. The number of piperazine rings is 1.